The Morgan fingerprint density at radius 3 is 2.55 bits per heavy atom. The minimum Gasteiger partial charge on any atom is -0.463 e. The lowest BCUT2D eigenvalue weighted by Crippen LogP contribution is -2.26. The van der Waals surface area contributed by atoms with Crippen LogP contribution in [0.3, 0.4) is 0 Å². The highest BCUT2D eigenvalue weighted by Gasteiger charge is 2.21. The molecule has 0 bridgehead atoms. The molecule has 1 aliphatic carbocycles. The van der Waals surface area contributed by atoms with Crippen molar-refractivity contribution in [1.29, 1.82) is 0 Å². The summed E-state index contributed by atoms with van der Waals surface area (Å²) in [6, 6.07) is 2.99. The van der Waals surface area contributed by atoms with Crippen molar-refractivity contribution in [1.82, 2.24) is 10.2 Å². The molecule has 0 spiro atoms. The van der Waals surface area contributed by atoms with Crippen LogP contribution >= 0.6 is 0 Å². The van der Waals surface area contributed by atoms with Gasteiger partial charge in [0.2, 0.25) is 0 Å². The predicted molar refractivity (Wildman–Crippen MR) is 81.7 cm³/mol. The summed E-state index contributed by atoms with van der Waals surface area (Å²) in [6.45, 7) is 6.52. The summed E-state index contributed by atoms with van der Waals surface area (Å²) in [5, 5.41) is 3.54. The van der Waals surface area contributed by atoms with Crippen LogP contribution in [0, 0.1) is 6.92 Å². The van der Waals surface area contributed by atoms with E-state index in [0.29, 0.717) is 0 Å². The van der Waals surface area contributed by atoms with Crippen molar-refractivity contribution >= 4 is 0 Å². The second-order valence-corrected chi connectivity index (χ2v) is 6.52. The summed E-state index contributed by atoms with van der Waals surface area (Å²) in [5.41, 5.74) is 1.31. The fraction of sp³-hybridized carbons (Fsp3) is 0.765. The third-order valence-electron chi connectivity index (χ3n) is 4.53. The average Bonchev–Trinajstić information content (AvgIpc) is 3.15. The molecule has 0 unspecified atom stereocenters. The molecule has 3 heteroatoms. The molecule has 2 aliphatic rings. The van der Waals surface area contributed by atoms with E-state index in [1.54, 1.807) is 0 Å². The Hall–Kier alpha value is -0.800. The Morgan fingerprint density at radius 2 is 1.85 bits per heavy atom. The van der Waals surface area contributed by atoms with E-state index in [-0.39, 0.29) is 0 Å². The zero-order chi connectivity index (χ0) is 13.8. The molecule has 2 heterocycles. The largest absolute Gasteiger partial charge is 0.463 e. The molecular formula is C17H28N2O. The van der Waals surface area contributed by atoms with Gasteiger partial charge in [0.1, 0.15) is 11.5 Å². The first-order chi connectivity index (χ1) is 9.81. The van der Waals surface area contributed by atoms with Crippen LogP contribution in [0.4, 0.5) is 0 Å². The number of hydrogen-bond acceptors (Lipinski definition) is 3. The number of nitrogens with zero attached hydrogens (tertiary/aromatic N) is 1. The molecule has 1 aromatic rings. The minimum atomic E-state index is 0.748. The Kier molecular flexibility index (Phi) is 4.79. The van der Waals surface area contributed by atoms with E-state index >= 15 is 0 Å². The fourth-order valence-corrected chi connectivity index (χ4v) is 3.06. The zero-order valence-electron chi connectivity index (χ0n) is 12.8. The van der Waals surface area contributed by atoms with Gasteiger partial charge in [-0.3, -0.25) is 4.90 Å². The van der Waals surface area contributed by atoms with Crippen LogP contribution in [0.2, 0.25) is 0 Å². The molecule has 0 radical (unpaired) electrons. The average molecular weight is 276 g/mol. The van der Waals surface area contributed by atoms with Crippen LogP contribution in [0.15, 0.2) is 10.5 Å². The second kappa shape index (κ2) is 6.77. The topological polar surface area (TPSA) is 28.4 Å². The minimum absolute atomic E-state index is 0.748. The molecule has 112 valence electrons. The van der Waals surface area contributed by atoms with Crippen molar-refractivity contribution in [2.45, 2.75) is 71.0 Å². The summed E-state index contributed by atoms with van der Waals surface area (Å²) >= 11 is 0. The van der Waals surface area contributed by atoms with E-state index in [9.17, 15) is 0 Å². The normalized spacial score (nSPS) is 21.6. The highest BCUT2D eigenvalue weighted by atomic mass is 16.3. The van der Waals surface area contributed by atoms with E-state index in [4.69, 9.17) is 4.42 Å². The third kappa shape index (κ3) is 4.10. The number of aryl methyl sites for hydroxylation is 1. The fourth-order valence-electron chi connectivity index (χ4n) is 3.06. The van der Waals surface area contributed by atoms with Crippen LogP contribution in [-0.4, -0.2) is 24.0 Å². The van der Waals surface area contributed by atoms with Gasteiger partial charge in [-0.15, -0.1) is 0 Å². The van der Waals surface area contributed by atoms with Crippen molar-refractivity contribution in [3.8, 4) is 0 Å². The second-order valence-electron chi connectivity index (χ2n) is 6.52. The molecular weight excluding hydrogens is 248 g/mol. The first kappa shape index (κ1) is 14.2. The summed E-state index contributed by atoms with van der Waals surface area (Å²) in [7, 11) is 0. The smallest absolute Gasteiger partial charge is 0.120 e. The maximum atomic E-state index is 6.06. The number of rotatable bonds is 5. The van der Waals surface area contributed by atoms with Crippen molar-refractivity contribution in [3.05, 3.63) is 23.2 Å². The summed E-state index contributed by atoms with van der Waals surface area (Å²) in [6.07, 6.45) is 9.56. The van der Waals surface area contributed by atoms with E-state index in [1.807, 2.05) is 0 Å². The monoisotopic (exact) mass is 276 g/mol. The first-order valence-electron chi connectivity index (χ1n) is 8.35. The van der Waals surface area contributed by atoms with Crippen LogP contribution in [0.25, 0.3) is 0 Å². The van der Waals surface area contributed by atoms with Gasteiger partial charge >= 0.3 is 0 Å². The summed E-state index contributed by atoms with van der Waals surface area (Å²) in [4.78, 5) is 2.57. The number of hydrogen-bond donors (Lipinski definition) is 1. The van der Waals surface area contributed by atoms with Gasteiger partial charge in [-0.2, -0.15) is 0 Å². The third-order valence-corrected chi connectivity index (χ3v) is 4.53. The Bertz CT molecular complexity index is 415. The molecule has 3 rings (SSSR count). The molecule has 20 heavy (non-hydrogen) atoms. The van der Waals surface area contributed by atoms with Crippen LogP contribution in [0.5, 0.6) is 0 Å². The van der Waals surface area contributed by atoms with Crippen molar-refractivity contribution in [2.75, 3.05) is 13.1 Å². The highest BCUT2D eigenvalue weighted by Crippen LogP contribution is 2.22. The van der Waals surface area contributed by atoms with Crippen LogP contribution in [0.1, 0.15) is 62.0 Å². The molecule has 0 aromatic carbocycles. The van der Waals surface area contributed by atoms with E-state index in [0.717, 1.165) is 30.7 Å². The zero-order valence-corrected chi connectivity index (χ0v) is 12.8. The summed E-state index contributed by atoms with van der Waals surface area (Å²) in [5.74, 6) is 2.29. The van der Waals surface area contributed by atoms with E-state index in [2.05, 4.69) is 23.2 Å². The molecule has 0 amide bonds. The van der Waals surface area contributed by atoms with E-state index < -0.39 is 0 Å². The SMILES string of the molecule is Cc1cc(CN2CCCCCCC2)oc1CNC1CC1. The van der Waals surface area contributed by atoms with Crippen molar-refractivity contribution in [3.63, 3.8) is 0 Å². The Balaban J connectivity index is 1.53. The predicted octanol–water partition coefficient (Wildman–Crippen LogP) is 3.61. The standard InChI is InChI=1S/C17H28N2O/c1-14-11-16(20-17(14)12-18-15-7-8-15)13-19-9-5-3-2-4-6-10-19/h11,15,18H,2-10,12-13H2,1H3. The first-order valence-corrected chi connectivity index (χ1v) is 8.35. The van der Waals surface area contributed by atoms with Crippen LogP contribution in [-0.2, 0) is 13.1 Å². The number of likely N-dealkylation sites (tertiary alicyclic amines) is 1. The van der Waals surface area contributed by atoms with Crippen LogP contribution < -0.4 is 5.32 Å². The lowest BCUT2D eigenvalue weighted by atomic mass is 10.1. The molecule has 1 N–H and O–H groups in total. The van der Waals surface area contributed by atoms with Gasteiger partial charge in [0.15, 0.2) is 0 Å². The molecule has 3 nitrogen and oxygen atoms in total. The molecule has 1 saturated heterocycles. The Labute approximate surface area is 122 Å². The van der Waals surface area contributed by atoms with Crippen molar-refractivity contribution in [2.24, 2.45) is 0 Å². The van der Waals surface area contributed by atoms with Gasteiger partial charge in [0, 0.05) is 6.04 Å². The molecule has 0 atom stereocenters. The van der Waals surface area contributed by atoms with Gasteiger partial charge in [-0.25, -0.2) is 0 Å². The van der Waals surface area contributed by atoms with Gasteiger partial charge in [-0.1, -0.05) is 19.3 Å². The highest BCUT2D eigenvalue weighted by molar-refractivity contribution is 5.20. The molecule has 1 aliphatic heterocycles. The Morgan fingerprint density at radius 1 is 1.15 bits per heavy atom. The summed E-state index contributed by atoms with van der Waals surface area (Å²) < 4.78 is 6.06. The van der Waals surface area contributed by atoms with Gasteiger partial charge in [-0.05, 0) is 57.3 Å². The van der Waals surface area contributed by atoms with Crippen molar-refractivity contribution < 1.29 is 4.42 Å². The van der Waals surface area contributed by atoms with Gasteiger partial charge in [0.05, 0.1) is 13.1 Å². The lowest BCUT2D eigenvalue weighted by molar-refractivity contribution is 0.220. The quantitative estimate of drug-likeness (QED) is 0.890. The molecule has 1 aromatic heterocycles. The molecule has 1 saturated carbocycles. The number of furan rings is 1. The number of nitrogens with one attached hydrogen (secondary N) is 1. The maximum absolute atomic E-state index is 6.06. The van der Waals surface area contributed by atoms with Gasteiger partial charge in [0.25, 0.3) is 0 Å². The van der Waals surface area contributed by atoms with E-state index in [1.165, 1.54) is 63.6 Å². The maximum Gasteiger partial charge on any atom is 0.120 e. The lowest BCUT2D eigenvalue weighted by Gasteiger charge is -2.23. The molecule has 2 fully saturated rings. The van der Waals surface area contributed by atoms with Gasteiger partial charge < -0.3 is 9.73 Å².